The van der Waals surface area contributed by atoms with Crippen molar-refractivity contribution in [2.45, 2.75) is 25.0 Å². The van der Waals surface area contributed by atoms with Crippen LogP contribution in [0, 0.1) is 5.92 Å². The van der Waals surface area contributed by atoms with Crippen LogP contribution in [0.15, 0.2) is 46.3 Å². The molecule has 0 saturated heterocycles. The van der Waals surface area contributed by atoms with Crippen molar-refractivity contribution < 1.29 is 34.8 Å². The van der Waals surface area contributed by atoms with Crippen molar-refractivity contribution in [2.75, 3.05) is 0 Å². The van der Waals surface area contributed by atoms with E-state index in [-0.39, 0.29) is 34.4 Å². The summed E-state index contributed by atoms with van der Waals surface area (Å²) in [5, 5.41) is 42.7. The largest absolute Gasteiger partial charge is 0.507 e. The number of aromatic hydroxyl groups is 1. The second-order valence-corrected chi connectivity index (χ2v) is 7.53. The van der Waals surface area contributed by atoms with Gasteiger partial charge in [-0.05, 0) is 30.5 Å². The summed E-state index contributed by atoms with van der Waals surface area (Å²) in [5.74, 6) is -5.84. The summed E-state index contributed by atoms with van der Waals surface area (Å²) in [6, 6.07) is 2.88. The summed E-state index contributed by atoms with van der Waals surface area (Å²) in [6.45, 7) is 1.42. The number of hydrogen-bond donors (Lipinski definition) is 6. The molecule has 0 aromatic heterocycles. The number of carbonyl (C=O) groups is 3. The average molecular weight is 398 g/mol. The minimum Gasteiger partial charge on any atom is -0.507 e. The number of primary amides is 1. The molecule has 9 heteroatoms. The van der Waals surface area contributed by atoms with Gasteiger partial charge < -0.3 is 31.9 Å². The van der Waals surface area contributed by atoms with Gasteiger partial charge in [-0.2, -0.15) is 0 Å². The smallest absolute Gasteiger partial charge is 0.256 e. The fourth-order valence-electron chi connectivity index (χ4n) is 4.48. The predicted octanol–water partition coefficient (Wildman–Crippen LogP) is -0.0246. The Morgan fingerprint density at radius 1 is 1.17 bits per heavy atom. The number of aliphatic hydroxyl groups is 3. The van der Waals surface area contributed by atoms with E-state index in [1.165, 1.54) is 25.1 Å². The van der Waals surface area contributed by atoms with Crippen molar-refractivity contribution in [3.63, 3.8) is 0 Å². The van der Waals surface area contributed by atoms with E-state index in [9.17, 15) is 34.8 Å². The van der Waals surface area contributed by atoms with Crippen LogP contribution in [-0.2, 0) is 20.0 Å². The Morgan fingerprint density at radius 2 is 1.83 bits per heavy atom. The van der Waals surface area contributed by atoms with Crippen LogP contribution >= 0.6 is 0 Å². The minimum absolute atomic E-state index is 0.0490. The van der Waals surface area contributed by atoms with E-state index in [1.807, 2.05) is 0 Å². The zero-order chi connectivity index (χ0) is 21.4. The van der Waals surface area contributed by atoms with Crippen molar-refractivity contribution >= 4 is 23.2 Å². The Balaban J connectivity index is 2.03. The maximum absolute atomic E-state index is 13.3. The Morgan fingerprint density at radius 3 is 2.45 bits per heavy atom. The number of fused-ring (bicyclic) bond motifs is 2. The van der Waals surface area contributed by atoms with Crippen LogP contribution in [0.2, 0.25) is 0 Å². The molecular weight excluding hydrogens is 380 g/mol. The van der Waals surface area contributed by atoms with Gasteiger partial charge in [-0.25, -0.2) is 0 Å². The third kappa shape index (κ3) is 2.25. The number of carbonyl (C=O) groups excluding carboxylic acids is 3. The molecule has 0 bridgehead atoms. The minimum atomic E-state index is -1.70. The number of phenolic OH excluding ortho intramolecular Hbond substituents is 1. The average Bonchev–Trinajstić information content (AvgIpc) is 2.63. The highest BCUT2D eigenvalue weighted by atomic mass is 16.3. The van der Waals surface area contributed by atoms with Crippen LogP contribution in [0.1, 0.15) is 24.5 Å². The number of aliphatic hydroxyl groups excluding tert-OH is 2. The number of rotatable bonds is 1. The Kier molecular flexibility index (Phi) is 3.77. The van der Waals surface area contributed by atoms with E-state index in [2.05, 4.69) is 0 Å². The van der Waals surface area contributed by atoms with Crippen LogP contribution in [0.5, 0.6) is 5.75 Å². The quantitative estimate of drug-likeness (QED) is 0.356. The summed E-state index contributed by atoms with van der Waals surface area (Å²) >= 11 is 0. The Hall–Kier alpha value is -3.43. The first-order chi connectivity index (χ1) is 13.5. The van der Waals surface area contributed by atoms with Crippen molar-refractivity contribution in [3.05, 3.63) is 57.4 Å². The monoisotopic (exact) mass is 398 g/mol. The van der Waals surface area contributed by atoms with Gasteiger partial charge in [0, 0.05) is 11.5 Å². The highest BCUT2D eigenvalue weighted by Gasteiger charge is 2.53. The third-order valence-electron chi connectivity index (χ3n) is 5.95. The lowest BCUT2D eigenvalue weighted by atomic mass is 9.62. The molecule has 0 aliphatic heterocycles. The van der Waals surface area contributed by atoms with Gasteiger partial charge >= 0.3 is 0 Å². The second kappa shape index (κ2) is 5.79. The summed E-state index contributed by atoms with van der Waals surface area (Å²) < 4.78 is 0. The van der Waals surface area contributed by atoms with Crippen LogP contribution in [0.3, 0.4) is 0 Å². The molecule has 29 heavy (non-hydrogen) atoms. The number of amides is 1. The molecule has 4 rings (SSSR count). The van der Waals surface area contributed by atoms with Gasteiger partial charge in [-0.1, -0.05) is 12.1 Å². The predicted molar refractivity (Wildman–Crippen MR) is 99.2 cm³/mol. The normalized spacial score (nSPS) is 28.9. The number of hydrogen-bond acceptors (Lipinski definition) is 8. The number of ketones is 2. The van der Waals surface area contributed by atoms with Crippen molar-refractivity contribution in [2.24, 2.45) is 17.4 Å². The lowest BCUT2D eigenvalue weighted by Crippen LogP contribution is -2.49. The van der Waals surface area contributed by atoms with Gasteiger partial charge in [0.05, 0.1) is 22.8 Å². The molecule has 0 unspecified atom stereocenters. The van der Waals surface area contributed by atoms with E-state index in [1.54, 1.807) is 0 Å². The highest BCUT2D eigenvalue weighted by molar-refractivity contribution is 6.27. The first kappa shape index (κ1) is 18.9. The van der Waals surface area contributed by atoms with Crippen molar-refractivity contribution in [3.8, 4) is 5.75 Å². The zero-order valence-electron chi connectivity index (χ0n) is 15.3. The van der Waals surface area contributed by atoms with Gasteiger partial charge in [0.1, 0.15) is 22.8 Å². The molecule has 0 spiro atoms. The number of allylic oxidation sites excluding steroid dienone is 1. The van der Waals surface area contributed by atoms with E-state index < -0.39 is 57.7 Å². The summed E-state index contributed by atoms with van der Waals surface area (Å²) in [5.41, 5.74) is 8.13. The molecular formula is C20H18N2O7. The number of nitrogens with two attached hydrogens (primary N) is 2. The number of benzene rings is 1. The maximum Gasteiger partial charge on any atom is 0.256 e. The third-order valence-corrected chi connectivity index (χ3v) is 5.95. The Labute approximate surface area is 164 Å². The lowest BCUT2D eigenvalue weighted by Gasteiger charge is -2.44. The topological polar surface area (TPSA) is 184 Å². The van der Waals surface area contributed by atoms with Crippen LogP contribution in [-0.4, -0.2) is 43.9 Å². The molecule has 9 nitrogen and oxygen atoms in total. The molecule has 150 valence electrons. The molecule has 3 atom stereocenters. The number of phenols is 1. The molecule has 8 N–H and O–H groups in total. The van der Waals surface area contributed by atoms with Gasteiger partial charge in [0.15, 0.2) is 11.6 Å². The molecule has 1 amide bonds. The fourth-order valence-corrected chi connectivity index (χ4v) is 4.48. The molecule has 1 aromatic carbocycles. The summed E-state index contributed by atoms with van der Waals surface area (Å²) in [7, 11) is 0. The first-order valence-electron chi connectivity index (χ1n) is 8.79. The molecule has 0 radical (unpaired) electrons. The Bertz CT molecular complexity index is 1120. The molecule has 0 fully saturated rings. The summed E-state index contributed by atoms with van der Waals surface area (Å²) in [4.78, 5) is 37.3. The van der Waals surface area contributed by atoms with Gasteiger partial charge in [0.25, 0.3) is 5.91 Å². The highest BCUT2D eigenvalue weighted by Crippen LogP contribution is 2.53. The zero-order valence-corrected chi connectivity index (χ0v) is 15.3. The van der Waals surface area contributed by atoms with E-state index in [0.717, 1.165) is 0 Å². The molecule has 0 heterocycles. The van der Waals surface area contributed by atoms with Crippen LogP contribution < -0.4 is 11.5 Å². The van der Waals surface area contributed by atoms with Crippen molar-refractivity contribution in [1.29, 1.82) is 0 Å². The maximum atomic E-state index is 13.3. The van der Waals surface area contributed by atoms with Crippen molar-refractivity contribution in [1.82, 2.24) is 0 Å². The molecule has 0 saturated carbocycles. The fraction of sp³-hybridized carbons (Fsp3) is 0.250. The molecule has 1 aromatic rings. The SMILES string of the molecule is C[C@@]1(O)c2cccc(O)c2C(O)=C2C(=O)C3=C(C[C@@H]21)[C@H](N)C(=O)C(C(N)=O)=C3O. The van der Waals surface area contributed by atoms with Gasteiger partial charge in [-0.15, -0.1) is 0 Å². The van der Waals surface area contributed by atoms with E-state index in [0.29, 0.717) is 0 Å². The molecule has 3 aliphatic carbocycles. The van der Waals surface area contributed by atoms with Crippen LogP contribution in [0.4, 0.5) is 0 Å². The van der Waals surface area contributed by atoms with Gasteiger partial charge in [0.2, 0.25) is 0 Å². The summed E-state index contributed by atoms with van der Waals surface area (Å²) in [6.07, 6.45) is -0.133. The molecule has 3 aliphatic rings. The van der Waals surface area contributed by atoms with Gasteiger partial charge in [-0.3, -0.25) is 14.4 Å². The second-order valence-electron chi connectivity index (χ2n) is 7.53. The first-order valence-corrected chi connectivity index (χ1v) is 8.79. The lowest BCUT2D eigenvalue weighted by molar-refractivity contribution is -0.122. The standard InChI is InChI=1S/C20H18N2O7/c1-20(29)7-3-2-4-9(23)11(7)17(26)12-8(20)5-6-10(15(12)24)16(25)13(19(22)28)18(27)14(6)21/h2-4,8,14,23,25-26,29H,5,21H2,1H3,(H2,22,28)/t8-,14-,20+/m0/s1. The van der Waals surface area contributed by atoms with E-state index >= 15 is 0 Å². The number of Topliss-reactive ketones (excluding diaryl/α,β-unsaturated/α-hetero) is 2. The van der Waals surface area contributed by atoms with Crippen LogP contribution in [0.25, 0.3) is 5.76 Å². The van der Waals surface area contributed by atoms with E-state index in [4.69, 9.17) is 11.5 Å².